The Bertz CT molecular complexity index is 1070. The number of fused-ring (bicyclic) bond motifs is 1. The molecule has 1 aliphatic heterocycles. The maximum Gasteiger partial charge on any atom is 0.163 e. The highest BCUT2D eigenvalue weighted by Gasteiger charge is 2.37. The van der Waals surface area contributed by atoms with Crippen LogP contribution in [-0.2, 0) is 4.79 Å². The molecule has 2 aromatic carbocycles. The van der Waals surface area contributed by atoms with Crippen LogP contribution in [0.15, 0.2) is 77.3 Å². The number of benzene rings is 2. The summed E-state index contributed by atoms with van der Waals surface area (Å²) in [5, 5.41) is 8.94. The molecule has 3 aromatic rings. The Balaban J connectivity index is 1.65. The smallest absolute Gasteiger partial charge is 0.163 e. The fourth-order valence-corrected chi connectivity index (χ4v) is 4.99. The molecular formula is C23H19FN2OS. The number of halogens is 1. The van der Waals surface area contributed by atoms with Gasteiger partial charge in [0.25, 0.3) is 0 Å². The first-order valence-corrected chi connectivity index (χ1v) is 10.3. The van der Waals surface area contributed by atoms with E-state index in [-0.39, 0.29) is 17.5 Å². The van der Waals surface area contributed by atoms with Crippen molar-refractivity contribution in [3.05, 3.63) is 93.6 Å². The lowest BCUT2D eigenvalue weighted by molar-refractivity contribution is -0.116. The lowest BCUT2D eigenvalue weighted by Gasteiger charge is -2.29. The number of rotatable bonds is 2. The molecule has 2 heterocycles. The van der Waals surface area contributed by atoms with Gasteiger partial charge in [-0.1, -0.05) is 36.4 Å². The van der Waals surface area contributed by atoms with Crippen molar-refractivity contribution < 1.29 is 9.18 Å². The second kappa shape index (κ2) is 6.91. The SMILES string of the molecule is O=C1C[C@H](c2cccs2)CC2=C1[C@H](c1ccccc1F)Nc1ccccc1N2. The summed E-state index contributed by atoms with van der Waals surface area (Å²) >= 11 is 1.68. The molecule has 0 amide bonds. The number of para-hydroxylation sites is 2. The maximum absolute atomic E-state index is 14.7. The minimum atomic E-state index is -0.510. The second-order valence-electron chi connectivity index (χ2n) is 7.21. The van der Waals surface area contributed by atoms with Crippen molar-refractivity contribution in [1.82, 2.24) is 0 Å². The summed E-state index contributed by atoms with van der Waals surface area (Å²) in [4.78, 5) is 14.5. The van der Waals surface area contributed by atoms with E-state index < -0.39 is 6.04 Å². The molecule has 28 heavy (non-hydrogen) atoms. The van der Waals surface area contributed by atoms with Gasteiger partial charge in [-0.2, -0.15) is 0 Å². The van der Waals surface area contributed by atoms with Crippen LogP contribution in [0.3, 0.4) is 0 Å². The van der Waals surface area contributed by atoms with Crippen LogP contribution in [-0.4, -0.2) is 5.78 Å². The summed E-state index contributed by atoms with van der Waals surface area (Å²) in [7, 11) is 0. The maximum atomic E-state index is 14.7. The minimum Gasteiger partial charge on any atom is -0.372 e. The van der Waals surface area contributed by atoms with Gasteiger partial charge in [-0.05, 0) is 36.1 Å². The van der Waals surface area contributed by atoms with E-state index >= 15 is 0 Å². The van der Waals surface area contributed by atoms with Crippen LogP contribution in [0.25, 0.3) is 0 Å². The van der Waals surface area contributed by atoms with Gasteiger partial charge in [0.1, 0.15) is 5.82 Å². The normalized spacial score (nSPS) is 21.2. The van der Waals surface area contributed by atoms with Gasteiger partial charge in [-0.3, -0.25) is 4.79 Å². The zero-order chi connectivity index (χ0) is 19.1. The monoisotopic (exact) mass is 390 g/mol. The second-order valence-corrected chi connectivity index (χ2v) is 8.18. The molecule has 1 aromatic heterocycles. The van der Waals surface area contributed by atoms with E-state index in [9.17, 15) is 9.18 Å². The lowest BCUT2D eigenvalue weighted by Crippen LogP contribution is -2.27. The summed E-state index contributed by atoms with van der Waals surface area (Å²) < 4.78 is 14.7. The molecule has 140 valence electrons. The predicted molar refractivity (Wildman–Crippen MR) is 111 cm³/mol. The summed E-state index contributed by atoms with van der Waals surface area (Å²) in [5.41, 5.74) is 3.81. The molecule has 2 N–H and O–H groups in total. The number of thiophene rings is 1. The minimum absolute atomic E-state index is 0.0701. The zero-order valence-electron chi connectivity index (χ0n) is 15.1. The molecular weight excluding hydrogens is 371 g/mol. The third-order valence-electron chi connectivity index (χ3n) is 5.47. The van der Waals surface area contributed by atoms with E-state index in [1.807, 2.05) is 41.8 Å². The van der Waals surface area contributed by atoms with Crippen LogP contribution in [0.2, 0.25) is 0 Å². The molecule has 2 aliphatic rings. The molecule has 2 atom stereocenters. The summed E-state index contributed by atoms with van der Waals surface area (Å²) in [6.45, 7) is 0. The standard InChI is InChI=1S/C23H19FN2OS/c24-16-7-2-1-6-15(16)23-22-19(25-17-8-3-4-9-18(17)26-23)12-14(13-20(22)27)21-10-5-11-28-21/h1-11,14,23,25-26H,12-13H2/t14-,23+/m1/s1. The van der Waals surface area contributed by atoms with Crippen LogP contribution < -0.4 is 10.6 Å². The Morgan fingerprint density at radius 2 is 1.71 bits per heavy atom. The number of nitrogens with one attached hydrogen (secondary N) is 2. The average molecular weight is 390 g/mol. The Kier molecular flexibility index (Phi) is 4.24. The van der Waals surface area contributed by atoms with E-state index in [1.54, 1.807) is 23.5 Å². The van der Waals surface area contributed by atoms with Crippen molar-refractivity contribution in [3.8, 4) is 0 Å². The van der Waals surface area contributed by atoms with Crippen LogP contribution >= 0.6 is 11.3 Å². The molecule has 0 saturated carbocycles. The van der Waals surface area contributed by atoms with Gasteiger partial charge >= 0.3 is 0 Å². The number of carbonyl (C=O) groups is 1. The number of allylic oxidation sites excluding steroid dienone is 1. The quantitative estimate of drug-likeness (QED) is 0.575. The van der Waals surface area contributed by atoms with Gasteiger partial charge in [0, 0.05) is 34.0 Å². The molecule has 0 fully saturated rings. The van der Waals surface area contributed by atoms with E-state index in [2.05, 4.69) is 16.7 Å². The molecule has 3 nitrogen and oxygen atoms in total. The molecule has 5 rings (SSSR count). The van der Waals surface area contributed by atoms with E-state index in [0.29, 0.717) is 17.6 Å². The van der Waals surface area contributed by atoms with Crippen molar-refractivity contribution in [1.29, 1.82) is 0 Å². The molecule has 5 heteroatoms. The van der Waals surface area contributed by atoms with Crippen molar-refractivity contribution in [2.75, 3.05) is 10.6 Å². The summed E-state index contributed by atoms with van der Waals surface area (Å²) in [6, 6.07) is 18.1. The van der Waals surface area contributed by atoms with Crippen molar-refractivity contribution in [2.45, 2.75) is 24.8 Å². The van der Waals surface area contributed by atoms with Gasteiger partial charge in [0.2, 0.25) is 0 Å². The largest absolute Gasteiger partial charge is 0.372 e. The average Bonchev–Trinajstić information content (AvgIpc) is 3.17. The van der Waals surface area contributed by atoms with Gasteiger partial charge in [0.15, 0.2) is 5.78 Å². The molecule has 0 unspecified atom stereocenters. The van der Waals surface area contributed by atoms with Gasteiger partial charge in [-0.25, -0.2) is 4.39 Å². The Morgan fingerprint density at radius 3 is 2.50 bits per heavy atom. The van der Waals surface area contributed by atoms with E-state index in [1.165, 1.54) is 10.9 Å². The third-order valence-corrected chi connectivity index (χ3v) is 6.51. The highest BCUT2D eigenvalue weighted by Crippen LogP contribution is 2.45. The number of anilines is 2. The highest BCUT2D eigenvalue weighted by molar-refractivity contribution is 7.10. The molecule has 0 saturated heterocycles. The van der Waals surface area contributed by atoms with Gasteiger partial charge in [0.05, 0.1) is 17.4 Å². The van der Waals surface area contributed by atoms with E-state index in [4.69, 9.17) is 0 Å². The number of hydrogen-bond acceptors (Lipinski definition) is 4. The molecule has 0 bridgehead atoms. The van der Waals surface area contributed by atoms with Crippen LogP contribution in [0.4, 0.5) is 15.8 Å². The molecule has 0 radical (unpaired) electrons. The van der Waals surface area contributed by atoms with Crippen LogP contribution in [0.5, 0.6) is 0 Å². The van der Waals surface area contributed by atoms with Crippen molar-refractivity contribution in [3.63, 3.8) is 0 Å². The first-order chi connectivity index (χ1) is 13.7. The van der Waals surface area contributed by atoms with Gasteiger partial charge in [-0.15, -0.1) is 11.3 Å². The Morgan fingerprint density at radius 1 is 0.929 bits per heavy atom. The summed E-state index contributed by atoms with van der Waals surface area (Å²) in [6.07, 6.45) is 1.19. The zero-order valence-corrected chi connectivity index (χ0v) is 15.9. The fraction of sp³-hybridized carbons (Fsp3) is 0.174. The highest BCUT2D eigenvalue weighted by atomic mass is 32.1. The number of Topliss-reactive ketones (excluding diaryl/α,β-unsaturated/α-hetero) is 1. The summed E-state index contributed by atoms with van der Waals surface area (Å²) in [5.74, 6) is -0.0783. The van der Waals surface area contributed by atoms with E-state index in [0.717, 1.165) is 23.5 Å². The van der Waals surface area contributed by atoms with Crippen LogP contribution in [0, 0.1) is 5.82 Å². The lowest BCUT2D eigenvalue weighted by atomic mass is 9.80. The third kappa shape index (κ3) is 2.92. The number of hydrogen-bond donors (Lipinski definition) is 2. The first kappa shape index (κ1) is 17.2. The van der Waals surface area contributed by atoms with Crippen LogP contribution in [0.1, 0.15) is 35.2 Å². The van der Waals surface area contributed by atoms with Crippen molar-refractivity contribution in [2.24, 2.45) is 0 Å². The first-order valence-electron chi connectivity index (χ1n) is 9.37. The Hall–Kier alpha value is -2.92. The predicted octanol–water partition coefficient (Wildman–Crippen LogP) is 5.87. The van der Waals surface area contributed by atoms with Gasteiger partial charge < -0.3 is 10.6 Å². The Labute approximate surface area is 166 Å². The molecule has 0 spiro atoms. The topological polar surface area (TPSA) is 41.1 Å². The molecule has 1 aliphatic carbocycles. The van der Waals surface area contributed by atoms with Crippen molar-refractivity contribution >= 4 is 28.5 Å². The number of ketones is 1. The number of carbonyl (C=O) groups excluding carboxylic acids is 1. The fourth-order valence-electron chi connectivity index (χ4n) is 4.16.